The first-order valence-corrected chi connectivity index (χ1v) is 8.29. The molecule has 2 amide bonds. The highest BCUT2D eigenvalue weighted by atomic mass is 35.5. The van der Waals surface area contributed by atoms with Crippen LogP contribution in [0.25, 0.3) is 0 Å². The number of halogens is 1. The maximum atomic E-state index is 12.4. The van der Waals surface area contributed by atoms with Crippen LogP contribution in [-0.2, 0) is 0 Å². The van der Waals surface area contributed by atoms with Gasteiger partial charge < -0.3 is 15.5 Å². The van der Waals surface area contributed by atoms with E-state index in [-0.39, 0.29) is 6.03 Å². The van der Waals surface area contributed by atoms with E-state index in [4.69, 9.17) is 11.6 Å². The van der Waals surface area contributed by atoms with Gasteiger partial charge in [-0.2, -0.15) is 0 Å². The normalized spacial score (nSPS) is 22.8. The number of para-hydroxylation sites is 1. The molecule has 1 atom stereocenters. The Labute approximate surface area is 136 Å². The third-order valence-electron chi connectivity index (χ3n) is 4.61. The Balaban J connectivity index is 1.55. The molecular weight excluding hydrogens is 300 g/mol. The number of urea groups is 1. The lowest BCUT2D eigenvalue weighted by Crippen LogP contribution is -2.53. The number of hydrogen-bond acceptors (Lipinski definition) is 3. The summed E-state index contributed by atoms with van der Waals surface area (Å²) in [7, 11) is 0. The van der Waals surface area contributed by atoms with Gasteiger partial charge in [0.1, 0.15) is 0 Å². The van der Waals surface area contributed by atoms with Crippen LogP contribution in [0.15, 0.2) is 18.2 Å². The first kappa shape index (κ1) is 15.6. The molecule has 0 bridgehead atoms. The van der Waals surface area contributed by atoms with Crippen LogP contribution in [0.4, 0.5) is 10.5 Å². The Morgan fingerprint density at radius 1 is 1.32 bits per heavy atom. The molecule has 0 saturated carbocycles. The highest BCUT2D eigenvalue weighted by Gasteiger charge is 2.28. The van der Waals surface area contributed by atoms with Crippen LogP contribution in [-0.4, -0.2) is 61.1 Å². The van der Waals surface area contributed by atoms with E-state index >= 15 is 0 Å². The number of nitrogens with one attached hydrogen (secondary N) is 2. The minimum Gasteiger partial charge on any atom is -0.322 e. The maximum Gasteiger partial charge on any atom is 0.321 e. The molecule has 2 saturated heterocycles. The fourth-order valence-corrected chi connectivity index (χ4v) is 3.49. The van der Waals surface area contributed by atoms with Gasteiger partial charge in [-0.3, -0.25) is 4.90 Å². The van der Waals surface area contributed by atoms with Crippen LogP contribution >= 0.6 is 11.6 Å². The Morgan fingerprint density at radius 2 is 2.09 bits per heavy atom. The summed E-state index contributed by atoms with van der Waals surface area (Å²) in [4.78, 5) is 16.8. The number of anilines is 1. The van der Waals surface area contributed by atoms with Gasteiger partial charge in [-0.1, -0.05) is 23.7 Å². The number of amides is 2. The molecule has 2 aliphatic heterocycles. The minimum absolute atomic E-state index is 0.0552. The number of hydrogen-bond donors (Lipinski definition) is 2. The molecule has 1 aromatic rings. The molecule has 0 aliphatic carbocycles. The second-order valence-corrected chi connectivity index (χ2v) is 6.44. The van der Waals surface area contributed by atoms with Crippen molar-refractivity contribution >= 4 is 23.3 Å². The van der Waals surface area contributed by atoms with Crippen LogP contribution in [0.3, 0.4) is 0 Å². The predicted octanol–water partition coefficient (Wildman–Crippen LogP) is 2.16. The van der Waals surface area contributed by atoms with Crippen molar-refractivity contribution in [3.63, 3.8) is 0 Å². The first-order valence-electron chi connectivity index (χ1n) is 7.91. The molecule has 1 aromatic carbocycles. The van der Waals surface area contributed by atoms with Crippen molar-refractivity contribution in [1.29, 1.82) is 0 Å². The number of benzene rings is 1. The first-order chi connectivity index (χ1) is 10.6. The number of rotatable bonds is 2. The molecule has 2 fully saturated rings. The van der Waals surface area contributed by atoms with E-state index in [1.165, 1.54) is 6.42 Å². The van der Waals surface area contributed by atoms with Crippen molar-refractivity contribution in [1.82, 2.24) is 15.1 Å². The summed E-state index contributed by atoms with van der Waals surface area (Å²) in [6, 6.07) is 6.22. The van der Waals surface area contributed by atoms with Crippen LogP contribution < -0.4 is 10.6 Å². The third-order valence-corrected chi connectivity index (χ3v) is 4.92. The Bertz CT molecular complexity index is 517. The Hall–Kier alpha value is -1.30. The fraction of sp³-hybridized carbons (Fsp3) is 0.562. The number of nitrogens with zero attached hydrogens (tertiary/aromatic N) is 2. The standard InChI is InChI=1S/C16H23ClN4O/c1-12-3-2-4-14(17)15(12)19-16(22)21-9-7-20(8-10-21)13-5-6-18-11-13/h2-4,13,18H,5-11H2,1H3,(H,19,22)/t13-/m0/s1. The smallest absolute Gasteiger partial charge is 0.321 e. The molecular formula is C16H23ClN4O. The summed E-state index contributed by atoms with van der Waals surface area (Å²) in [5.41, 5.74) is 1.70. The lowest BCUT2D eigenvalue weighted by atomic mass is 10.2. The van der Waals surface area contributed by atoms with Gasteiger partial charge in [-0.15, -0.1) is 0 Å². The molecule has 2 aliphatic rings. The molecule has 0 unspecified atom stereocenters. The van der Waals surface area contributed by atoms with Gasteiger partial charge in [0.2, 0.25) is 0 Å². The molecule has 5 nitrogen and oxygen atoms in total. The molecule has 0 radical (unpaired) electrons. The van der Waals surface area contributed by atoms with Crippen molar-refractivity contribution in [2.45, 2.75) is 19.4 Å². The summed E-state index contributed by atoms with van der Waals surface area (Å²) in [6.45, 7) is 7.56. The number of carbonyl (C=O) groups is 1. The molecule has 120 valence electrons. The number of carbonyl (C=O) groups excluding carboxylic acids is 1. The SMILES string of the molecule is Cc1cccc(Cl)c1NC(=O)N1CCN([C@H]2CCNC2)CC1. The summed E-state index contributed by atoms with van der Waals surface area (Å²) in [5.74, 6) is 0. The van der Waals surface area contributed by atoms with E-state index in [9.17, 15) is 4.79 Å². The lowest BCUT2D eigenvalue weighted by molar-refractivity contribution is 0.119. The second kappa shape index (κ2) is 6.86. The molecule has 2 N–H and O–H groups in total. The number of piperazine rings is 1. The van der Waals surface area contributed by atoms with Gasteiger partial charge in [0.05, 0.1) is 10.7 Å². The fourth-order valence-electron chi connectivity index (χ4n) is 3.22. The minimum atomic E-state index is -0.0552. The Kier molecular flexibility index (Phi) is 4.86. The topological polar surface area (TPSA) is 47.6 Å². The average Bonchev–Trinajstić information content (AvgIpc) is 3.05. The van der Waals surface area contributed by atoms with Crippen LogP contribution in [0.2, 0.25) is 5.02 Å². The molecule has 0 aromatic heterocycles. The molecule has 2 heterocycles. The van der Waals surface area contributed by atoms with E-state index in [2.05, 4.69) is 15.5 Å². The molecule has 6 heteroatoms. The van der Waals surface area contributed by atoms with Crippen molar-refractivity contribution in [3.05, 3.63) is 28.8 Å². The quantitative estimate of drug-likeness (QED) is 0.877. The molecule has 3 rings (SSSR count). The van der Waals surface area contributed by atoms with Crippen molar-refractivity contribution in [3.8, 4) is 0 Å². The van der Waals surface area contributed by atoms with Gasteiger partial charge in [0, 0.05) is 38.8 Å². The van der Waals surface area contributed by atoms with E-state index in [1.54, 1.807) is 6.07 Å². The zero-order valence-corrected chi connectivity index (χ0v) is 13.7. The summed E-state index contributed by atoms with van der Waals surface area (Å²) in [6.07, 6.45) is 1.21. The predicted molar refractivity (Wildman–Crippen MR) is 89.6 cm³/mol. The lowest BCUT2D eigenvalue weighted by Gasteiger charge is -2.37. The average molecular weight is 323 g/mol. The summed E-state index contributed by atoms with van der Waals surface area (Å²) < 4.78 is 0. The maximum absolute atomic E-state index is 12.4. The van der Waals surface area contributed by atoms with E-state index in [0.717, 1.165) is 50.5 Å². The van der Waals surface area contributed by atoms with E-state index in [1.807, 2.05) is 24.0 Å². The van der Waals surface area contributed by atoms with Gasteiger partial charge in [-0.25, -0.2) is 4.79 Å². The van der Waals surface area contributed by atoms with Crippen LogP contribution in [0.5, 0.6) is 0 Å². The van der Waals surface area contributed by atoms with Crippen LogP contribution in [0, 0.1) is 6.92 Å². The van der Waals surface area contributed by atoms with E-state index in [0.29, 0.717) is 11.1 Å². The second-order valence-electron chi connectivity index (χ2n) is 6.03. The largest absolute Gasteiger partial charge is 0.322 e. The van der Waals surface area contributed by atoms with Gasteiger partial charge in [0.15, 0.2) is 0 Å². The summed E-state index contributed by atoms with van der Waals surface area (Å²) in [5, 5.41) is 6.94. The number of aryl methyl sites for hydroxylation is 1. The molecule has 0 spiro atoms. The van der Waals surface area contributed by atoms with Gasteiger partial charge in [-0.05, 0) is 31.5 Å². The highest BCUT2D eigenvalue weighted by Crippen LogP contribution is 2.25. The zero-order chi connectivity index (χ0) is 15.5. The van der Waals surface area contributed by atoms with Crippen molar-refractivity contribution in [2.75, 3.05) is 44.6 Å². The zero-order valence-electron chi connectivity index (χ0n) is 12.9. The van der Waals surface area contributed by atoms with E-state index < -0.39 is 0 Å². The van der Waals surface area contributed by atoms with Crippen molar-refractivity contribution < 1.29 is 4.79 Å². The van der Waals surface area contributed by atoms with Gasteiger partial charge >= 0.3 is 6.03 Å². The van der Waals surface area contributed by atoms with Gasteiger partial charge in [0.25, 0.3) is 0 Å². The molecule has 22 heavy (non-hydrogen) atoms. The summed E-state index contributed by atoms with van der Waals surface area (Å²) >= 11 is 6.17. The Morgan fingerprint density at radius 3 is 2.73 bits per heavy atom. The third kappa shape index (κ3) is 3.37. The van der Waals surface area contributed by atoms with Crippen LogP contribution in [0.1, 0.15) is 12.0 Å². The highest BCUT2D eigenvalue weighted by molar-refractivity contribution is 6.33. The monoisotopic (exact) mass is 322 g/mol. The van der Waals surface area contributed by atoms with Crippen molar-refractivity contribution in [2.24, 2.45) is 0 Å².